The number of amides is 1. The van der Waals surface area contributed by atoms with Crippen molar-refractivity contribution in [1.82, 2.24) is 25.2 Å². The molecule has 138 valence electrons. The number of nitro groups is 1. The Hall–Kier alpha value is -3.74. The molecule has 1 N–H and O–H groups in total. The highest BCUT2D eigenvalue weighted by Crippen LogP contribution is 2.24. The van der Waals surface area contributed by atoms with E-state index in [0.717, 1.165) is 16.6 Å². The number of ether oxygens (including phenoxy) is 1. The van der Waals surface area contributed by atoms with Gasteiger partial charge >= 0.3 is 11.0 Å². The lowest BCUT2D eigenvalue weighted by atomic mass is 10.2. The van der Waals surface area contributed by atoms with Gasteiger partial charge in [-0.15, -0.1) is 10.2 Å². The maximum atomic E-state index is 11.8. The van der Waals surface area contributed by atoms with Crippen LogP contribution in [0, 0.1) is 10.1 Å². The molecular formula is C14H11N7O5S. The Morgan fingerprint density at radius 3 is 2.78 bits per heavy atom. The van der Waals surface area contributed by atoms with Gasteiger partial charge in [0.15, 0.2) is 18.3 Å². The monoisotopic (exact) mass is 389 g/mol. The number of thiazole rings is 1. The van der Waals surface area contributed by atoms with Crippen molar-refractivity contribution < 1.29 is 19.2 Å². The van der Waals surface area contributed by atoms with Crippen molar-refractivity contribution in [3.8, 4) is 11.4 Å². The molecule has 12 nitrogen and oxygen atoms in total. The van der Waals surface area contributed by atoms with Crippen molar-refractivity contribution >= 4 is 33.3 Å². The predicted octanol–water partition coefficient (Wildman–Crippen LogP) is 0.887. The summed E-state index contributed by atoms with van der Waals surface area (Å²) in [4.78, 5) is 38.1. The summed E-state index contributed by atoms with van der Waals surface area (Å²) in [6, 6.07) is 9.08. The number of aromatic nitrogens is 5. The molecule has 0 aliphatic heterocycles. The van der Waals surface area contributed by atoms with E-state index in [9.17, 15) is 19.7 Å². The SMILES string of the molecule is O=C(COC(=O)Cn1nnc(-c2ccccc2)n1)Nc1ncc([N+](=O)[O-])s1. The third-order valence-corrected chi connectivity index (χ3v) is 3.90. The second-order valence-electron chi connectivity index (χ2n) is 4.98. The summed E-state index contributed by atoms with van der Waals surface area (Å²) in [5.41, 5.74) is 0.744. The van der Waals surface area contributed by atoms with E-state index >= 15 is 0 Å². The van der Waals surface area contributed by atoms with Crippen molar-refractivity contribution in [3.63, 3.8) is 0 Å². The van der Waals surface area contributed by atoms with E-state index in [4.69, 9.17) is 4.74 Å². The first-order chi connectivity index (χ1) is 13.0. The van der Waals surface area contributed by atoms with Gasteiger partial charge in [-0.25, -0.2) is 9.78 Å². The zero-order valence-corrected chi connectivity index (χ0v) is 14.3. The summed E-state index contributed by atoms with van der Waals surface area (Å²) in [7, 11) is 0. The number of carbonyl (C=O) groups is 2. The Morgan fingerprint density at radius 2 is 2.07 bits per heavy atom. The second-order valence-corrected chi connectivity index (χ2v) is 5.99. The lowest BCUT2D eigenvalue weighted by molar-refractivity contribution is -0.380. The van der Waals surface area contributed by atoms with Crippen molar-refractivity contribution in [2.24, 2.45) is 0 Å². The molecule has 1 aromatic carbocycles. The first-order valence-corrected chi connectivity index (χ1v) is 8.22. The predicted molar refractivity (Wildman–Crippen MR) is 91.6 cm³/mol. The summed E-state index contributed by atoms with van der Waals surface area (Å²) in [5, 5.41) is 24.3. The minimum Gasteiger partial charge on any atom is -0.454 e. The number of benzene rings is 1. The largest absolute Gasteiger partial charge is 0.454 e. The first kappa shape index (κ1) is 18.1. The maximum absolute atomic E-state index is 11.8. The fourth-order valence-electron chi connectivity index (χ4n) is 1.88. The minimum atomic E-state index is -0.743. The summed E-state index contributed by atoms with van der Waals surface area (Å²) in [6.07, 6.45) is 1.02. The van der Waals surface area contributed by atoms with E-state index in [1.165, 1.54) is 0 Å². The minimum absolute atomic E-state index is 0.0354. The van der Waals surface area contributed by atoms with E-state index in [-0.39, 0.29) is 16.7 Å². The Kier molecular flexibility index (Phi) is 5.41. The number of tetrazole rings is 1. The summed E-state index contributed by atoms with van der Waals surface area (Å²) in [5.74, 6) is -1.07. The molecule has 0 saturated carbocycles. The van der Waals surface area contributed by atoms with Crippen LogP contribution in [0.5, 0.6) is 0 Å². The van der Waals surface area contributed by atoms with Crippen molar-refractivity contribution in [1.29, 1.82) is 0 Å². The average Bonchev–Trinajstić information content (AvgIpc) is 3.30. The van der Waals surface area contributed by atoms with E-state index in [0.29, 0.717) is 17.2 Å². The molecule has 0 atom stereocenters. The molecule has 0 bridgehead atoms. The Balaban J connectivity index is 1.47. The zero-order valence-electron chi connectivity index (χ0n) is 13.5. The number of anilines is 1. The molecular weight excluding hydrogens is 378 g/mol. The topological polar surface area (TPSA) is 155 Å². The van der Waals surface area contributed by atoms with E-state index in [2.05, 4.69) is 25.7 Å². The van der Waals surface area contributed by atoms with Gasteiger partial charge in [0.2, 0.25) is 5.82 Å². The Morgan fingerprint density at radius 1 is 1.30 bits per heavy atom. The van der Waals surface area contributed by atoms with Crippen LogP contribution in [0.3, 0.4) is 0 Å². The molecule has 27 heavy (non-hydrogen) atoms. The smallest absolute Gasteiger partial charge is 0.345 e. The summed E-state index contributed by atoms with van der Waals surface area (Å²) >= 11 is 0.692. The van der Waals surface area contributed by atoms with Gasteiger partial charge in [-0.05, 0) is 16.6 Å². The van der Waals surface area contributed by atoms with E-state index in [1.807, 2.05) is 18.2 Å². The number of hydrogen-bond donors (Lipinski definition) is 1. The average molecular weight is 389 g/mol. The van der Waals surface area contributed by atoms with Gasteiger partial charge in [-0.3, -0.25) is 20.2 Å². The quantitative estimate of drug-likeness (QED) is 0.352. The molecule has 0 unspecified atom stereocenters. The van der Waals surface area contributed by atoms with Crippen molar-refractivity contribution in [2.45, 2.75) is 6.54 Å². The second kappa shape index (κ2) is 8.09. The fourth-order valence-corrected chi connectivity index (χ4v) is 2.53. The third kappa shape index (κ3) is 4.88. The first-order valence-electron chi connectivity index (χ1n) is 7.40. The van der Waals surface area contributed by atoms with Crippen LogP contribution in [0.2, 0.25) is 0 Å². The lowest BCUT2D eigenvalue weighted by Gasteiger charge is -2.03. The van der Waals surface area contributed by atoms with Crippen molar-refractivity contribution in [3.05, 3.63) is 46.6 Å². The molecule has 0 saturated heterocycles. The van der Waals surface area contributed by atoms with Crippen LogP contribution in [-0.4, -0.2) is 48.6 Å². The third-order valence-electron chi connectivity index (χ3n) is 3.04. The standard InChI is InChI=1S/C14H11N7O5S/c22-10(16-14-15-6-11(27-14)21(24)25)8-26-12(23)7-20-18-13(17-19-20)9-4-2-1-3-5-9/h1-6H,7-8H2,(H,15,16,22). The van der Waals surface area contributed by atoms with Crippen LogP contribution in [0.4, 0.5) is 10.1 Å². The van der Waals surface area contributed by atoms with Crippen LogP contribution < -0.4 is 5.32 Å². The van der Waals surface area contributed by atoms with Gasteiger partial charge in [0, 0.05) is 5.56 Å². The van der Waals surface area contributed by atoms with Gasteiger partial charge in [0.05, 0.1) is 4.92 Å². The number of nitrogens with zero attached hydrogens (tertiary/aromatic N) is 6. The highest BCUT2D eigenvalue weighted by Gasteiger charge is 2.15. The number of esters is 1. The molecule has 0 aliphatic carbocycles. The summed E-state index contributed by atoms with van der Waals surface area (Å²) < 4.78 is 4.81. The summed E-state index contributed by atoms with van der Waals surface area (Å²) in [6.45, 7) is -0.901. The molecule has 3 rings (SSSR count). The Labute approximate surface area is 154 Å². The van der Waals surface area contributed by atoms with Gasteiger partial charge < -0.3 is 4.74 Å². The van der Waals surface area contributed by atoms with Gasteiger partial charge in [0.1, 0.15) is 6.20 Å². The lowest BCUT2D eigenvalue weighted by Crippen LogP contribution is -2.23. The van der Waals surface area contributed by atoms with E-state index < -0.39 is 23.4 Å². The number of rotatable bonds is 7. The highest BCUT2D eigenvalue weighted by atomic mass is 32.1. The maximum Gasteiger partial charge on any atom is 0.345 e. The molecule has 2 aromatic heterocycles. The van der Waals surface area contributed by atoms with Crippen molar-refractivity contribution in [2.75, 3.05) is 11.9 Å². The zero-order chi connectivity index (χ0) is 19.2. The fraction of sp³-hybridized carbons (Fsp3) is 0.143. The molecule has 13 heteroatoms. The molecule has 1 amide bonds. The van der Waals surface area contributed by atoms with Crippen LogP contribution in [0.25, 0.3) is 11.4 Å². The molecule has 2 heterocycles. The number of nitrogens with one attached hydrogen (secondary N) is 1. The Bertz CT molecular complexity index is 971. The molecule has 3 aromatic rings. The van der Waals surface area contributed by atoms with Crippen LogP contribution in [-0.2, 0) is 20.9 Å². The van der Waals surface area contributed by atoms with Gasteiger partial charge in [-0.2, -0.15) is 4.80 Å². The molecule has 0 spiro atoms. The molecule has 0 aliphatic rings. The van der Waals surface area contributed by atoms with Crippen LogP contribution in [0.15, 0.2) is 36.5 Å². The van der Waals surface area contributed by atoms with E-state index in [1.54, 1.807) is 12.1 Å². The van der Waals surface area contributed by atoms with Gasteiger partial charge in [-0.1, -0.05) is 30.3 Å². The van der Waals surface area contributed by atoms with Gasteiger partial charge in [0.25, 0.3) is 5.91 Å². The highest BCUT2D eigenvalue weighted by molar-refractivity contribution is 7.18. The molecule has 0 fully saturated rings. The number of carbonyl (C=O) groups excluding carboxylic acids is 2. The van der Waals surface area contributed by atoms with Crippen LogP contribution >= 0.6 is 11.3 Å². The number of hydrogen-bond acceptors (Lipinski definition) is 10. The van der Waals surface area contributed by atoms with Crippen LogP contribution in [0.1, 0.15) is 0 Å². The normalized spacial score (nSPS) is 10.4. The molecule has 0 radical (unpaired) electrons.